The lowest BCUT2D eigenvalue weighted by Crippen LogP contribution is -2.38. The number of nitrogens with zero attached hydrogens (tertiary/aromatic N) is 2. The van der Waals surface area contributed by atoms with Gasteiger partial charge in [0.1, 0.15) is 11.7 Å². The zero-order chi connectivity index (χ0) is 16.2. The van der Waals surface area contributed by atoms with Crippen LogP contribution in [0.25, 0.3) is 0 Å². The van der Waals surface area contributed by atoms with E-state index in [-0.39, 0.29) is 22.8 Å². The molecule has 0 fully saturated rings. The lowest BCUT2D eigenvalue weighted by Gasteiger charge is -2.21. The number of amides is 1. The Kier molecular flexibility index (Phi) is 5.23. The second-order valence-electron chi connectivity index (χ2n) is 4.51. The standard InChI is InChI=1S/C13H17N3O5/c1-4-15(3)12(17)8(2)14-10-6-5-9(13(18)19)7-11(10)16(20)21/h5-8,14H,4H2,1-3H3,(H,18,19). The molecule has 1 rings (SSSR count). The van der Waals surface area contributed by atoms with Gasteiger partial charge in [-0.1, -0.05) is 0 Å². The number of nitro benzene ring substituents is 1. The summed E-state index contributed by atoms with van der Waals surface area (Å²) in [5.41, 5.74) is -0.457. The number of benzene rings is 1. The summed E-state index contributed by atoms with van der Waals surface area (Å²) < 4.78 is 0. The van der Waals surface area contributed by atoms with Gasteiger partial charge in [0.05, 0.1) is 10.5 Å². The molecule has 1 unspecified atom stereocenters. The lowest BCUT2D eigenvalue weighted by molar-refractivity contribution is -0.384. The van der Waals surface area contributed by atoms with Gasteiger partial charge >= 0.3 is 5.97 Å². The van der Waals surface area contributed by atoms with E-state index in [1.54, 1.807) is 14.0 Å². The molecule has 0 aliphatic carbocycles. The zero-order valence-corrected chi connectivity index (χ0v) is 12.0. The Morgan fingerprint density at radius 2 is 2.10 bits per heavy atom. The van der Waals surface area contributed by atoms with Crippen LogP contribution in [-0.4, -0.2) is 46.4 Å². The van der Waals surface area contributed by atoms with Crippen LogP contribution in [0.2, 0.25) is 0 Å². The van der Waals surface area contributed by atoms with Crippen molar-refractivity contribution in [2.45, 2.75) is 19.9 Å². The summed E-state index contributed by atoms with van der Waals surface area (Å²) in [6.07, 6.45) is 0. The van der Waals surface area contributed by atoms with Crippen molar-refractivity contribution in [3.8, 4) is 0 Å². The van der Waals surface area contributed by atoms with Crippen molar-refractivity contribution in [3.63, 3.8) is 0 Å². The van der Waals surface area contributed by atoms with Crippen LogP contribution in [0, 0.1) is 10.1 Å². The van der Waals surface area contributed by atoms with E-state index >= 15 is 0 Å². The van der Waals surface area contributed by atoms with E-state index in [1.807, 2.05) is 6.92 Å². The number of carboxylic acids is 1. The number of carboxylic acid groups (broad SMARTS) is 1. The molecule has 0 saturated carbocycles. The number of nitrogens with one attached hydrogen (secondary N) is 1. The highest BCUT2D eigenvalue weighted by Crippen LogP contribution is 2.26. The van der Waals surface area contributed by atoms with E-state index < -0.39 is 16.9 Å². The van der Waals surface area contributed by atoms with Crippen LogP contribution >= 0.6 is 0 Å². The minimum atomic E-state index is -1.25. The first kappa shape index (κ1) is 16.4. The molecule has 8 nitrogen and oxygen atoms in total. The van der Waals surface area contributed by atoms with Gasteiger partial charge in [-0.15, -0.1) is 0 Å². The molecule has 1 atom stereocenters. The van der Waals surface area contributed by atoms with Crippen LogP contribution < -0.4 is 5.32 Å². The number of rotatable bonds is 6. The van der Waals surface area contributed by atoms with Gasteiger partial charge in [0.2, 0.25) is 5.91 Å². The summed E-state index contributed by atoms with van der Waals surface area (Å²) in [6, 6.07) is 2.84. The lowest BCUT2D eigenvalue weighted by atomic mass is 10.1. The predicted molar refractivity (Wildman–Crippen MR) is 76.5 cm³/mol. The highest BCUT2D eigenvalue weighted by molar-refractivity contribution is 5.90. The maximum Gasteiger partial charge on any atom is 0.335 e. The van der Waals surface area contributed by atoms with Gasteiger partial charge in [-0.2, -0.15) is 0 Å². The molecule has 0 aliphatic heterocycles. The molecule has 1 amide bonds. The molecule has 0 saturated heterocycles. The van der Waals surface area contributed by atoms with Crippen molar-refractivity contribution in [1.29, 1.82) is 0 Å². The van der Waals surface area contributed by atoms with Crippen LogP contribution in [0.4, 0.5) is 11.4 Å². The first-order valence-electron chi connectivity index (χ1n) is 6.31. The van der Waals surface area contributed by atoms with Crippen molar-refractivity contribution < 1.29 is 19.6 Å². The summed E-state index contributed by atoms with van der Waals surface area (Å²) in [7, 11) is 1.63. The monoisotopic (exact) mass is 295 g/mol. The number of hydrogen-bond acceptors (Lipinski definition) is 5. The van der Waals surface area contributed by atoms with E-state index in [2.05, 4.69) is 5.32 Å². The minimum absolute atomic E-state index is 0.107. The van der Waals surface area contributed by atoms with Gasteiger partial charge in [-0.25, -0.2) is 4.79 Å². The quantitative estimate of drug-likeness (QED) is 0.608. The molecule has 8 heteroatoms. The first-order valence-corrected chi connectivity index (χ1v) is 6.31. The molecule has 0 spiro atoms. The molecule has 1 aromatic carbocycles. The van der Waals surface area contributed by atoms with E-state index in [4.69, 9.17) is 5.11 Å². The second-order valence-corrected chi connectivity index (χ2v) is 4.51. The smallest absolute Gasteiger partial charge is 0.335 e. The molecule has 0 aromatic heterocycles. The zero-order valence-electron chi connectivity index (χ0n) is 12.0. The van der Waals surface area contributed by atoms with Crippen molar-refractivity contribution in [3.05, 3.63) is 33.9 Å². The number of likely N-dealkylation sites (N-methyl/N-ethyl adjacent to an activating group) is 1. The molecule has 0 aliphatic rings. The largest absolute Gasteiger partial charge is 0.478 e. The van der Waals surface area contributed by atoms with E-state index in [0.29, 0.717) is 6.54 Å². The van der Waals surface area contributed by atoms with Gasteiger partial charge in [0.15, 0.2) is 0 Å². The molecule has 2 N–H and O–H groups in total. The Labute approximate surface area is 121 Å². The number of carbonyl (C=O) groups excluding carboxylic acids is 1. The fraction of sp³-hybridized carbons (Fsp3) is 0.385. The first-order chi connectivity index (χ1) is 9.77. The molecule has 114 valence electrons. The number of hydrogen-bond donors (Lipinski definition) is 2. The summed E-state index contributed by atoms with van der Waals surface area (Å²) in [4.78, 5) is 34.6. The maximum absolute atomic E-state index is 11.9. The normalized spacial score (nSPS) is 11.6. The van der Waals surface area contributed by atoms with E-state index in [1.165, 1.54) is 17.0 Å². The summed E-state index contributed by atoms with van der Waals surface area (Å²) in [6.45, 7) is 3.92. The number of nitro groups is 1. The summed E-state index contributed by atoms with van der Waals surface area (Å²) in [5.74, 6) is -1.46. The number of aromatic carboxylic acids is 1. The fourth-order valence-electron chi connectivity index (χ4n) is 1.72. The number of carbonyl (C=O) groups is 2. The molecule has 0 radical (unpaired) electrons. The van der Waals surface area contributed by atoms with Crippen molar-refractivity contribution >= 4 is 23.3 Å². The predicted octanol–water partition coefficient (Wildman–Crippen LogP) is 1.57. The summed E-state index contributed by atoms with van der Waals surface area (Å²) >= 11 is 0. The van der Waals surface area contributed by atoms with Crippen LogP contribution in [0.15, 0.2) is 18.2 Å². The van der Waals surface area contributed by atoms with Gasteiger partial charge in [-0.05, 0) is 26.0 Å². The average Bonchev–Trinajstić information content (AvgIpc) is 2.45. The van der Waals surface area contributed by atoms with Crippen LogP contribution in [0.3, 0.4) is 0 Å². The highest BCUT2D eigenvalue weighted by atomic mass is 16.6. The third kappa shape index (κ3) is 3.91. The van der Waals surface area contributed by atoms with Crippen molar-refractivity contribution in [2.75, 3.05) is 18.9 Å². The van der Waals surface area contributed by atoms with E-state index in [0.717, 1.165) is 6.07 Å². The van der Waals surface area contributed by atoms with Crippen molar-refractivity contribution in [1.82, 2.24) is 4.90 Å². The third-order valence-electron chi connectivity index (χ3n) is 3.03. The molecule has 0 heterocycles. The second kappa shape index (κ2) is 6.69. The van der Waals surface area contributed by atoms with Gasteiger partial charge in [0.25, 0.3) is 5.69 Å². The van der Waals surface area contributed by atoms with Crippen LogP contribution in [0.1, 0.15) is 24.2 Å². The average molecular weight is 295 g/mol. The topological polar surface area (TPSA) is 113 Å². The third-order valence-corrected chi connectivity index (χ3v) is 3.03. The molecule has 0 bridgehead atoms. The molecule has 21 heavy (non-hydrogen) atoms. The van der Waals surface area contributed by atoms with Gasteiger partial charge in [0, 0.05) is 19.7 Å². The van der Waals surface area contributed by atoms with Crippen LogP contribution in [-0.2, 0) is 4.79 Å². The molecule has 1 aromatic rings. The Morgan fingerprint density at radius 3 is 2.57 bits per heavy atom. The summed E-state index contributed by atoms with van der Waals surface area (Å²) in [5, 5.41) is 22.6. The number of anilines is 1. The molecular weight excluding hydrogens is 278 g/mol. The van der Waals surface area contributed by atoms with Gasteiger partial charge < -0.3 is 15.3 Å². The fourth-order valence-corrected chi connectivity index (χ4v) is 1.72. The van der Waals surface area contributed by atoms with Crippen LogP contribution in [0.5, 0.6) is 0 Å². The minimum Gasteiger partial charge on any atom is -0.478 e. The van der Waals surface area contributed by atoms with E-state index in [9.17, 15) is 19.7 Å². The maximum atomic E-state index is 11.9. The molecular formula is C13H17N3O5. The Hall–Kier alpha value is -2.64. The van der Waals surface area contributed by atoms with Gasteiger partial charge in [-0.3, -0.25) is 14.9 Å². The Balaban J connectivity index is 3.05. The Bertz CT molecular complexity index is 573. The Morgan fingerprint density at radius 1 is 1.48 bits per heavy atom. The van der Waals surface area contributed by atoms with Crippen molar-refractivity contribution in [2.24, 2.45) is 0 Å². The highest BCUT2D eigenvalue weighted by Gasteiger charge is 2.22. The SMILES string of the molecule is CCN(C)C(=O)C(C)Nc1ccc(C(=O)O)cc1[N+](=O)[O-].